The quantitative estimate of drug-likeness (QED) is 0.477. The molecule has 0 aromatic rings. The van der Waals surface area contributed by atoms with Crippen LogP contribution >= 0.6 is 0 Å². The van der Waals surface area contributed by atoms with Gasteiger partial charge in [0.25, 0.3) is 0 Å². The van der Waals surface area contributed by atoms with Crippen molar-refractivity contribution in [1.29, 1.82) is 5.26 Å². The van der Waals surface area contributed by atoms with Crippen molar-refractivity contribution >= 4 is 7.12 Å². The van der Waals surface area contributed by atoms with E-state index in [2.05, 4.69) is 4.65 Å². The van der Waals surface area contributed by atoms with E-state index < -0.39 is 7.12 Å². The fourth-order valence-electron chi connectivity index (χ4n) is 0.195. The number of hydrogen-bond donors (Lipinski definition) is 1. The van der Waals surface area contributed by atoms with E-state index in [4.69, 9.17) is 10.3 Å². The summed E-state index contributed by atoms with van der Waals surface area (Å²) in [5.74, 6) is 1.50. The molecule has 0 aliphatic carbocycles. The van der Waals surface area contributed by atoms with Gasteiger partial charge in [-0.15, -0.1) is 0 Å². The predicted octanol–water partition coefficient (Wildman–Crippen LogP) is -0.434. The smallest absolute Gasteiger partial charge is 0.415 e. The number of nitrogens with zero attached hydrogens (tertiary/aromatic N) is 1. The maximum Gasteiger partial charge on any atom is 0.575 e. The molecular formula is C3H6BNO2. The number of hydrogen-bond acceptors (Lipinski definition) is 3. The lowest BCUT2D eigenvalue weighted by molar-refractivity contribution is 0.288. The predicted molar refractivity (Wildman–Crippen MR) is 25.2 cm³/mol. The molecule has 0 unspecified atom stereocenters. The third-order valence-electron chi connectivity index (χ3n) is 0.435. The minimum atomic E-state index is -1.25. The molecule has 7 heavy (non-hydrogen) atoms. The second kappa shape index (κ2) is 3.66. The summed E-state index contributed by atoms with van der Waals surface area (Å²) in [7, 11) is -1.25. The average molecular weight is 98.9 g/mol. The Morgan fingerprint density at radius 3 is 2.71 bits per heavy atom. The van der Waals surface area contributed by atoms with E-state index in [0.717, 1.165) is 0 Å². The first-order valence-corrected chi connectivity index (χ1v) is 2.00. The second-order valence-electron chi connectivity index (χ2n) is 0.937. The largest absolute Gasteiger partial charge is 0.575 e. The van der Waals surface area contributed by atoms with Crippen LogP contribution in [0.5, 0.6) is 0 Å². The van der Waals surface area contributed by atoms with Gasteiger partial charge in [0.15, 0.2) is 0 Å². The Bertz CT molecular complexity index is 79.5. The number of nitriles is 1. The third-order valence-corrected chi connectivity index (χ3v) is 0.435. The molecule has 0 atom stereocenters. The topological polar surface area (TPSA) is 53.2 Å². The van der Waals surface area contributed by atoms with Crippen molar-refractivity contribution in [3.05, 3.63) is 0 Å². The molecule has 0 heterocycles. The highest BCUT2D eigenvalue weighted by atomic mass is 16.5. The summed E-state index contributed by atoms with van der Waals surface area (Å²) in [6.45, 7) is 2.08. The Morgan fingerprint density at radius 1 is 2.00 bits per heavy atom. The fourth-order valence-corrected chi connectivity index (χ4v) is 0.195. The van der Waals surface area contributed by atoms with Crippen LogP contribution in [0.2, 0.25) is 0 Å². The van der Waals surface area contributed by atoms with E-state index in [1.54, 1.807) is 6.92 Å². The molecule has 0 saturated heterocycles. The first-order chi connectivity index (χ1) is 3.31. The summed E-state index contributed by atoms with van der Waals surface area (Å²) in [4.78, 5) is 0. The Morgan fingerprint density at radius 2 is 2.57 bits per heavy atom. The van der Waals surface area contributed by atoms with E-state index in [1.165, 1.54) is 5.97 Å². The van der Waals surface area contributed by atoms with Crippen molar-refractivity contribution in [2.75, 3.05) is 6.61 Å². The maximum absolute atomic E-state index is 8.27. The van der Waals surface area contributed by atoms with Gasteiger partial charge in [0, 0.05) is 6.61 Å². The monoisotopic (exact) mass is 99.0 g/mol. The van der Waals surface area contributed by atoms with Gasteiger partial charge >= 0.3 is 7.12 Å². The lowest BCUT2D eigenvalue weighted by atomic mass is 9.96. The van der Waals surface area contributed by atoms with Gasteiger partial charge in [-0.2, -0.15) is 0 Å². The van der Waals surface area contributed by atoms with E-state index in [1.807, 2.05) is 0 Å². The highest BCUT2D eigenvalue weighted by molar-refractivity contribution is 6.52. The molecule has 0 radical (unpaired) electrons. The molecular weight excluding hydrogens is 92.8 g/mol. The third kappa shape index (κ3) is 3.30. The van der Waals surface area contributed by atoms with Gasteiger partial charge < -0.3 is 9.68 Å². The Kier molecular flexibility index (Phi) is 3.38. The zero-order valence-electron chi connectivity index (χ0n) is 4.09. The van der Waals surface area contributed by atoms with Crippen molar-refractivity contribution in [2.24, 2.45) is 0 Å². The standard InChI is InChI=1S/C3H6BNO2/c1-2-7-4(6)3-5/h6H,2H2,1H3. The van der Waals surface area contributed by atoms with E-state index in [9.17, 15) is 0 Å². The van der Waals surface area contributed by atoms with Crippen LogP contribution in [0, 0.1) is 11.2 Å². The molecule has 3 nitrogen and oxygen atoms in total. The van der Waals surface area contributed by atoms with Gasteiger partial charge in [0.1, 0.15) is 0 Å². The van der Waals surface area contributed by atoms with Gasteiger partial charge in [-0.1, -0.05) is 0 Å². The summed E-state index contributed by atoms with van der Waals surface area (Å²) < 4.78 is 4.39. The molecule has 4 heteroatoms. The fraction of sp³-hybridized carbons (Fsp3) is 0.667. The molecule has 0 spiro atoms. The number of rotatable bonds is 2. The van der Waals surface area contributed by atoms with Crippen molar-refractivity contribution in [1.82, 2.24) is 0 Å². The zero-order valence-corrected chi connectivity index (χ0v) is 4.09. The zero-order chi connectivity index (χ0) is 5.70. The van der Waals surface area contributed by atoms with Gasteiger partial charge in [0.2, 0.25) is 0 Å². The van der Waals surface area contributed by atoms with Crippen LogP contribution in [0.25, 0.3) is 0 Å². The molecule has 38 valence electrons. The summed E-state index contributed by atoms with van der Waals surface area (Å²) in [6.07, 6.45) is 0. The molecule has 0 bridgehead atoms. The van der Waals surface area contributed by atoms with Crippen molar-refractivity contribution in [2.45, 2.75) is 6.92 Å². The normalized spacial score (nSPS) is 7.57. The van der Waals surface area contributed by atoms with Crippen LogP contribution in [0.1, 0.15) is 6.92 Å². The summed E-state index contributed by atoms with van der Waals surface area (Å²) in [5, 5.41) is 16.1. The molecule has 1 N–H and O–H groups in total. The van der Waals surface area contributed by atoms with Crippen LogP contribution in [0.4, 0.5) is 0 Å². The Balaban J connectivity index is 3.04. The molecule has 0 aromatic carbocycles. The molecule has 0 rings (SSSR count). The molecule has 0 amide bonds. The molecule has 0 aliphatic heterocycles. The molecule has 0 saturated carbocycles. The van der Waals surface area contributed by atoms with Crippen LogP contribution < -0.4 is 0 Å². The lowest BCUT2D eigenvalue weighted by Gasteiger charge is -1.91. The van der Waals surface area contributed by atoms with Crippen molar-refractivity contribution < 1.29 is 9.68 Å². The summed E-state index contributed by atoms with van der Waals surface area (Å²) in [5.41, 5.74) is 0. The van der Waals surface area contributed by atoms with Crippen LogP contribution in [-0.4, -0.2) is 18.7 Å². The minimum absolute atomic E-state index is 0.370. The highest BCUT2D eigenvalue weighted by Gasteiger charge is 2.07. The second-order valence-corrected chi connectivity index (χ2v) is 0.937. The van der Waals surface area contributed by atoms with Gasteiger partial charge in [-0.05, 0) is 6.92 Å². The highest BCUT2D eigenvalue weighted by Crippen LogP contribution is 1.73. The van der Waals surface area contributed by atoms with Crippen molar-refractivity contribution in [3.63, 3.8) is 0 Å². The minimum Gasteiger partial charge on any atom is -0.415 e. The Labute approximate surface area is 42.7 Å². The van der Waals surface area contributed by atoms with Crippen LogP contribution in [0.15, 0.2) is 0 Å². The van der Waals surface area contributed by atoms with Crippen molar-refractivity contribution in [3.8, 4) is 5.97 Å². The van der Waals surface area contributed by atoms with Crippen LogP contribution in [-0.2, 0) is 4.65 Å². The first-order valence-electron chi connectivity index (χ1n) is 2.00. The lowest BCUT2D eigenvalue weighted by Crippen LogP contribution is -2.14. The van der Waals surface area contributed by atoms with Crippen LogP contribution in [0.3, 0.4) is 0 Å². The molecule has 0 aromatic heterocycles. The van der Waals surface area contributed by atoms with E-state index in [-0.39, 0.29) is 0 Å². The van der Waals surface area contributed by atoms with Gasteiger partial charge in [-0.25, -0.2) is 5.26 Å². The van der Waals surface area contributed by atoms with E-state index in [0.29, 0.717) is 6.61 Å². The first kappa shape index (κ1) is 6.47. The SMILES string of the molecule is CCOB(O)C#N. The summed E-state index contributed by atoms with van der Waals surface area (Å²) >= 11 is 0. The molecule has 0 aliphatic rings. The Hall–Kier alpha value is -0.525. The van der Waals surface area contributed by atoms with E-state index >= 15 is 0 Å². The van der Waals surface area contributed by atoms with Gasteiger partial charge in [-0.3, -0.25) is 0 Å². The van der Waals surface area contributed by atoms with Gasteiger partial charge in [0.05, 0.1) is 5.97 Å². The average Bonchev–Trinajstić information content (AvgIpc) is 1.68. The molecule has 0 fully saturated rings. The summed E-state index contributed by atoms with van der Waals surface area (Å²) in [6, 6.07) is 0. The maximum atomic E-state index is 8.27.